The Hall–Kier alpha value is -1.68. The van der Waals surface area contributed by atoms with E-state index in [1.54, 1.807) is 0 Å². The number of nitrogens with zero attached hydrogens (tertiary/aromatic N) is 3. The Morgan fingerprint density at radius 3 is 2.65 bits per heavy atom. The lowest BCUT2D eigenvalue weighted by Gasteiger charge is -2.17. The Bertz CT molecular complexity index is 495. The Balaban J connectivity index is 1.91. The van der Waals surface area contributed by atoms with Crippen LogP contribution in [0.3, 0.4) is 0 Å². The number of rotatable bonds is 8. The van der Waals surface area contributed by atoms with E-state index in [0.717, 1.165) is 31.9 Å². The Morgan fingerprint density at radius 2 is 1.95 bits per heavy atom. The number of unbranched alkanes of at least 4 members (excludes halogenated alkanes) is 1. The van der Waals surface area contributed by atoms with Crippen molar-refractivity contribution in [1.29, 1.82) is 0 Å². The minimum Gasteiger partial charge on any atom is -0.338 e. The van der Waals surface area contributed by atoms with Crippen LogP contribution in [0.5, 0.6) is 0 Å². The van der Waals surface area contributed by atoms with Crippen LogP contribution in [0.2, 0.25) is 0 Å². The molecule has 0 spiro atoms. The van der Waals surface area contributed by atoms with Crippen molar-refractivity contribution < 1.29 is 4.52 Å². The zero-order chi connectivity index (χ0) is 14.2. The van der Waals surface area contributed by atoms with Crippen molar-refractivity contribution in [3.05, 3.63) is 47.6 Å². The molecule has 0 N–H and O–H groups in total. The molecule has 0 aliphatic rings. The molecule has 4 nitrogen and oxygen atoms in total. The molecular formula is C16H23N3O. The number of hydrogen-bond acceptors (Lipinski definition) is 4. The van der Waals surface area contributed by atoms with Crippen LogP contribution in [-0.2, 0) is 13.0 Å². The van der Waals surface area contributed by atoms with Gasteiger partial charge in [0.05, 0.1) is 6.54 Å². The maximum absolute atomic E-state index is 5.35. The molecule has 2 aromatic rings. The van der Waals surface area contributed by atoms with Crippen molar-refractivity contribution in [3.63, 3.8) is 0 Å². The first-order chi connectivity index (χ1) is 9.81. The SMILES string of the molecule is CCCCN(CC)Cc1nc(Cc2ccccc2)no1. The molecular weight excluding hydrogens is 250 g/mol. The van der Waals surface area contributed by atoms with Gasteiger partial charge in [-0.15, -0.1) is 0 Å². The van der Waals surface area contributed by atoms with Crippen LogP contribution in [-0.4, -0.2) is 28.1 Å². The number of benzene rings is 1. The third kappa shape index (κ3) is 4.46. The first kappa shape index (κ1) is 14.7. The highest BCUT2D eigenvalue weighted by molar-refractivity contribution is 5.18. The quantitative estimate of drug-likeness (QED) is 0.740. The van der Waals surface area contributed by atoms with Crippen LogP contribution in [0.1, 0.15) is 44.0 Å². The van der Waals surface area contributed by atoms with E-state index in [-0.39, 0.29) is 0 Å². The maximum atomic E-state index is 5.35. The van der Waals surface area contributed by atoms with Gasteiger partial charge in [-0.05, 0) is 25.1 Å². The second kappa shape index (κ2) is 7.80. The molecule has 0 radical (unpaired) electrons. The van der Waals surface area contributed by atoms with E-state index in [2.05, 4.69) is 41.0 Å². The Kier molecular flexibility index (Phi) is 5.74. The van der Waals surface area contributed by atoms with E-state index in [1.165, 1.54) is 18.4 Å². The summed E-state index contributed by atoms with van der Waals surface area (Å²) in [7, 11) is 0. The molecule has 0 fully saturated rings. The highest BCUT2D eigenvalue weighted by Gasteiger charge is 2.10. The lowest BCUT2D eigenvalue weighted by Crippen LogP contribution is -2.24. The fourth-order valence-electron chi connectivity index (χ4n) is 2.13. The minimum absolute atomic E-state index is 0.717. The molecule has 1 aromatic heterocycles. The smallest absolute Gasteiger partial charge is 0.240 e. The number of aromatic nitrogens is 2. The van der Waals surface area contributed by atoms with E-state index in [1.807, 2.05) is 18.2 Å². The third-order valence-corrected chi connectivity index (χ3v) is 3.35. The van der Waals surface area contributed by atoms with Crippen LogP contribution in [0, 0.1) is 0 Å². The summed E-state index contributed by atoms with van der Waals surface area (Å²) in [6.45, 7) is 7.22. The van der Waals surface area contributed by atoms with Gasteiger partial charge in [0, 0.05) is 6.42 Å². The first-order valence-electron chi connectivity index (χ1n) is 7.39. The molecule has 2 rings (SSSR count). The summed E-state index contributed by atoms with van der Waals surface area (Å²) >= 11 is 0. The molecule has 4 heteroatoms. The summed E-state index contributed by atoms with van der Waals surface area (Å²) in [4.78, 5) is 6.82. The average molecular weight is 273 g/mol. The van der Waals surface area contributed by atoms with E-state index in [9.17, 15) is 0 Å². The summed E-state index contributed by atoms with van der Waals surface area (Å²) < 4.78 is 5.35. The molecule has 108 valence electrons. The van der Waals surface area contributed by atoms with Gasteiger partial charge in [-0.25, -0.2) is 0 Å². The Morgan fingerprint density at radius 1 is 1.15 bits per heavy atom. The predicted octanol–water partition coefficient (Wildman–Crippen LogP) is 3.28. The third-order valence-electron chi connectivity index (χ3n) is 3.35. The zero-order valence-corrected chi connectivity index (χ0v) is 12.4. The van der Waals surface area contributed by atoms with E-state index in [4.69, 9.17) is 4.52 Å². The fourth-order valence-corrected chi connectivity index (χ4v) is 2.13. The molecule has 1 heterocycles. The Labute approximate surface area is 120 Å². The van der Waals surface area contributed by atoms with Gasteiger partial charge in [-0.1, -0.05) is 55.8 Å². The molecule has 1 aromatic carbocycles. The summed E-state index contributed by atoms with van der Waals surface area (Å²) in [6, 6.07) is 10.2. The molecule has 0 saturated carbocycles. The van der Waals surface area contributed by atoms with Gasteiger partial charge in [0.15, 0.2) is 5.82 Å². The predicted molar refractivity (Wildman–Crippen MR) is 79.4 cm³/mol. The van der Waals surface area contributed by atoms with Crippen molar-refractivity contribution in [3.8, 4) is 0 Å². The second-order valence-corrected chi connectivity index (χ2v) is 4.99. The molecule has 0 aliphatic heterocycles. The minimum atomic E-state index is 0.717. The molecule has 0 bridgehead atoms. The van der Waals surface area contributed by atoms with Crippen molar-refractivity contribution >= 4 is 0 Å². The maximum Gasteiger partial charge on any atom is 0.240 e. The van der Waals surface area contributed by atoms with E-state index < -0.39 is 0 Å². The molecule has 0 aliphatic carbocycles. The van der Waals surface area contributed by atoms with Crippen LogP contribution in [0.25, 0.3) is 0 Å². The van der Waals surface area contributed by atoms with Gasteiger partial charge in [0.1, 0.15) is 0 Å². The van der Waals surface area contributed by atoms with Crippen LogP contribution in [0.15, 0.2) is 34.9 Å². The molecule has 0 unspecified atom stereocenters. The highest BCUT2D eigenvalue weighted by Crippen LogP contribution is 2.08. The van der Waals surface area contributed by atoms with Crippen molar-refractivity contribution in [2.75, 3.05) is 13.1 Å². The largest absolute Gasteiger partial charge is 0.338 e. The lowest BCUT2D eigenvalue weighted by molar-refractivity contribution is 0.233. The van der Waals surface area contributed by atoms with E-state index >= 15 is 0 Å². The van der Waals surface area contributed by atoms with Crippen molar-refractivity contribution in [2.24, 2.45) is 0 Å². The standard InChI is InChI=1S/C16H23N3O/c1-3-5-11-19(4-2)13-16-17-15(18-20-16)12-14-9-7-6-8-10-14/h6-10H,3-5,11-13H2,1-2H3. The van der Waals surface area contributed by atoms with Gasteiger partial charge in [-0.2, -0.15) is 4.98 Å². The normalized spacial score (nSPS) is 11.2. The summed E-state index contributed by atoms with van der Waals surface area (Å²) in [5.74, 6) is 1.48. The lowest BCUT2D eigenvalue weighted by atomic mass is 10.1. The molecule has 0 amide bonds. The van der Waals surface area contributed by atoms with Gasteiger partial charge in [0.25, 0.3) is 0 Å². The van der Waals surface area contributed by atoms with E-state index in [0.29, 0.717) is 5.89 Å². The summed E-state index contributed by atoms with van der Waals surface area (Å²) in [5.41, 5.74) is 1.21. The van der Waals surface area contributed by atoms with Crippen LogP contribution < -0.4 is 0 Å². The van der Waals surface area contributed by atoms with Crippen LogP contribution in [0.4, 0.5) is 0 Å². The van der Waals surface area contributed by atoms with Gasteiger partial charge in [0.2, 0.25) is 5.89 Å². The van der Waals surface area contributed by atoms with Gasteiger partial charge in [-0.3, -0.25) is 4.90 Å². The van der Waals surface area contributed by atoms with Crippen molar-refractivity contribution in [1.82, 2.24) is 15.0 Å². The summed E-state index contributed by atoms with van der Waals surface area (Å²) in [6.07, 6.45) is 3.14. The van der Waals surface area contributed by atoms with Crippen LogP contribution >= 0.6 is 0 Å². The summed E-state index contributed by atoms with van der Waals surface area (Å²) in [5, 5.41) is 4.07. The highest BCUT2D eigenvalue weighted by atomic mass is 16.5. The van der Waals surface area contributed by atoms with Gasteiger partial charge >= 0.3 is 0 Å². The molecule has 0 atom stereocenters. The second-order valence-electron chi connectivity index (χ2n) is 4.99. The monoisotopic (exact) mass is 273 g/mol. The fraction of sp³-hybridized carbons (Fsp3) is 0.500. The number of hydrogen-bond donors (Lipinski definition) is 0. The first-order valence-corrected chi connectivity index (χ1v) is 7.39. The van der Waals surface area contributed by atoms with Crippen molar-refractivity contribution in [2.45, 2.75) is 39.7 Å². The van der Waals surface area contributed by atoms with Gasteiger partial charge < -0.3 is 4.52 Å². The molecule has 20 heavy (non-hydrogen) atoms. The average Bonchev–Trinajstić information content (AvgIpc) is 2.91. The topological polar surface area (TPSA) is 42.2 Å². The zero-order valence-electron chi connectivity index (χ0n) is 12.4. The molecule has 0 saturated heterocycles.